The molecule has 1 N–H and O–H groups in total. The van der Waals surface area contributed by atoms with Crippen LogP contribution in [-0.4, -0.2) is 13.1 Å². The quantitative estimate of drug-likeness (QED) is 0.612. The normalized spacial score (nSPS) is 10.6. The molecule has 0 fully saturated rings. The van der Waals surface area contributed by atoms with Gasteiger partial charge in [0, 0.05) is 6.04 Å². The Morgan fingerprint density at radius 1 is 1.56 bits per heavy atom. The molecule has 0 bridgehead atoms. The van der Waals surface area contributed by atoms with Crippen molar-refractivity contribution < 1.29 is 0 Å². The van der Waals surface area contributed by atoms with Crippen molar-refractivity contribution >= 4 is 0 Å². The molecule has 0 spiro atoms. The Hall–Kier alpha value is -0.550. The third kappa shape index (κ3) is 11.2. The van der Waals surface area contributed by atoms with Gasteiger partial charge in [0.2, 0.25) is 0 Å². The first-order valence-corrected chi connectivity index (χ1v) is 3.35. The van der Waals surface area contributed by atoms with Gasteiger partial charge < -0.3 is 5.32 Å². The Morgan fingerprint density at radius 2 is 2.00 bits per heavy atom. The Balaban J connectivity index is 0. The Labute approximate surface area is 57.9 Å². The molecule has 0 amide bonds. The summed E-state index contributed by atoms with van der Waals surface area (Å²) < 4.78 is 0. The highest BCUT2D eigenvalue weighted by atomic mass is 14.8. The van der Waals surface area contributed by atoms with E-state index in [-0.39, 0.29) is 0 Å². The van der Waals surface area contributed by atoms with E-state index in [1.807, 2.05) is 27.8 Å². The van der Waals surface area contributed by atoms with Crippen molar-refractivity contribution in [3.63, 3.8) is 0 Å². The molecule has 1 unspecified atom stereocenters. The second kappa shape index (κ2) is 10.4. The zero-order valence-electron chi connectivity index (χ0n) is 6.73. The molecule has 0 radical (unpaired) electrons. The molecule has 0 aliphatic carbocycles. The average molecular weight is 128 g/mol. The topological polar surface area (TPSA) is 35.8 Å². The maximum absolute atomic E-state index is 8.08. The zero-order chi connectivity index (χ0) is 7.70. The molecule has 0 aromatic carbocycles. The predicted octanol–water partition coefficient (Wildman–Crippen LogP) is 1.53. The maximum Gasteiger partial charge on any atom is 0.0638 e. The van der Waals surface area contributed by atoms with E-state index in [0.717, 1.165) is 0 Å². The predicted molar refractivity (Wildman–Crippen MR) is 40.1 cm³/mol. The second-order valence-electron chi connectivity index (χ2n) is 1.55. The summed E-state index contributed by atoms with van der Waals surface area (Å²) in [6.45, 7) is 5.98. The number of hydrogen-bond acceptors (Lipinski definition) is 2. The fraction of sp³-hybridized carbons (Fsp3) is 0.857. The van der Waals surface area contributed by atoms with E-state index in [1.165, 1.54) is 0 Å². The van der Waals surface area contributed by atoms with E-state index in [9.17, 15) is 0 Å². The van der Waals surface area contributed by atoms with Gasteiger partial charge in [0.25, 0.3) is 0 Å². The van der Waals surface area contributed by atoms with Gasteiger partial charge in [-0.3, -0.25) is 0 Å². The van der Waals surface area contributed by atoms with E-state index >= 15 is 0 Å². The van der Waals surface area contributed by atoms with Crippen LogP contribution in [-0.2, 0) is 0 Å². The van der Waals surface area contributed by atoms with E-state index in [0.29, 0.717) is 12.5 Å². The molecule has 0 rings (SSSR count). The minimum absolute atomic E-state index is 0.338. The number of hydrogen-bond donors (Lipinski definition) is 1. The first-order valence-electron chi connectivity index (χ1n) is 3.35. The average Bonchev–Trinajstić information content (AvgIpc) is 1.93. The molecule has 0 saturated heterocycles. The molecular weight excluding hydrogens is 112 g/mol. The summed E-state index contributed by atoms with van der Waals surface area (Å²) in [5.74, 6) is 0. The van der Waals surface area contributed by atoms with Gasteiger partial charge in [0.15, 0.2) is 0 Å². The number of nitrogens with one attached hydrogen (secondary N) is 1. The van der Waals surface area contributed by atoms with E-state index < -0.39 is 0 Å². The third-order valence-electron chi connectivity index (χ3n) is 0.890. The first kappa shape index (κ1) is 11.3. The van der Waals surface area contributed by atoms with Crippen molar-refractivity contribution in [3.8, 4) is 6.07 Å². The first-order chi connectivity index (χ1) is 4.31. The van der Waals surface area contributed by atoms with Gasteiger partial charge in [-0.2, -0.15) is 5.26 Å². The SMILES string of the molecule is CC.CNC(C)CC#N. The minimum atomic E-state index is 0.338. The monoisotopic (exact) mass is 128 g/mol. The highest BCUT2D eigenvalue weighted by Gasteiger charge is 1.91. The molecule has 0 aliphatic heterocycles. The van der Waals surface area contributed by atoms with Crippen LogP contribution in [0.15, 0.2) is 0 Å². The van der Waals surface area contributed by atoms with Crippen LogP contribution >= 0.6 is 0 Å². The Kier molecular flexibility index (Phi) is 13.1. The summed E-state index contributed by atoms with van der Waals surface area (Å²) >= 11 is 0. The van der Waals surface area contributed by atoms with Gasteiger partial charge in [-0.15, -0.1) is 0 Å². The fourth-order valence-corrected chi connectivity index (χ4v) is 0.239. The summed E-state index contributed by atoms with van der Waals surface area (Å²) in [4.78, 5) is 0. The molecule has 2 nitrogen and oxygen atoms in total. The van der Waals surface area contributed by atoms with Crippen molar-refractivity contribution in [3.05, 3.63) is 0 Å². The van der Waals surface area contributed by atoms with Crippen molar-refractivity contribution in [1.82, 2.24) is 5.32 Å². The van der Waals surface area contributed by atoms with Gasteiger partial charge in [-0.1, -0.05) is 13.8 Å². The smallest absolute Gasteiger partial charge is 0.0638 e. The lowest BCUT2D eigenvalue weighted by molar-refractivity contribution is 0.625. The number of nitriles is 1. The van der Waals surface area contributed by atoms with E-state index in [1.54, 1.807) is 0 Å². The highest BCUT2D eigenvalue weighted by Crippen LogP contribution is 1.82. The highest BCUT2D eigenvalue weighted by molar-refractivity contribution is 4.75. The molecular formula is C7H16N2. The van der Waals surface area contributed by atoms with Crippen LogP contribution in [0, 0.1) is 11.3 Å². The van der Waals surface area contributed by atoms with Gasteiger partial charge in [0.1, 0.15) is 0 Å². The van der Waals surface area contributed by atoms with E-state index in [4.69, 9.17) is 5.26 Å². The molecule has 2 heteroatoms. The third-order valence-corrected chi connectivity index (χ3v) is 0.890. The summed E-state index contributed by atoms with van der Waals surface area (Å²) in [7, 11) is 1.85. The summed E-state index contributed by atoms with van der Waals surface area (Å²) in [5, 5.41) is 11.0. The van der Waals surface area contributed by atoms with Crippen LogP contribution < -0.4 is 5.32 Å². The Morgan fingerprint density at radius 3 is 2.11 bits per heavy atom. The standard InChI is InChI=1S/C5H10N2.C2H6/c1-5(7-2)3-4-6;1-2/h5,7H,3H2,1-2H3;1-2H3. The van der Waals surface area contributed by atoms with Crippen LogP contribution in [0.4, 0.5) is 0 Å². The molecule has 0 saturated carbocycles. The van der Waals surface area contributed by atoms with Gasteiger partial charge in [-0.25, -0.2) is 0 Å². The lowest BCUT2D eigenvalue weighted by Crippen LogP contribution is -2.19. The van der Waals surface area contributed by atoms with Gasteiger partial charge >= 0.3 is 0 Å². The summed E-state index contributed by atoms with van der Waals surface area (Å²) in [6, 6.07) is 2.39. The van der Waals surface area contributed by atoms with Crippen LogP contribution in [0.1, 0.15) is 27.2 Å². The molecule has 0 aromatic heterocycles. The van der Waals surface area contributed by atoms with E-state index in [2.05, 4.69) is 11.4 Å². The van der Waals surface area contributed by atoms with Crippen LogP contribution in [0.5, 0.6) is 0 Å². The fourth-order valence-electron chi connectivity index (χ4n) is 0.239. The molecule has 0 aromatic rings. The van der Waals surface area contributed by atoms with Crippen molar-refractivity contribution in [2.75, 3.05) is 7.05 Å². The zero-order valence-corrected chi connectivity index (χ0v) is 6.73. The molecule has 9 heavy (non-hydrogen) atoms. The van der Waals surface area contributed by atoms with Gasteiger partial charge in [-0.05, 0) is 14.0 Å². The maximum atomic E-state index is 8.08. The van der Waals surface area contributed by atoms with Crippen molar-refractivity contribution in [1.29, 1.82) is 5.26 Å². The second-order valence-corrected chi connectivity index (χ2v) is 1.55. The number of nitrogens with zero attached hydrogens (tertiary/aromatic N) is 1. The van der Waals surface area contributed by atoms with Crippen molar-refractivity contribution in [2.24, 2.45) is 0 Å². The molecule has 0 aliphatic rings. The van der Waals surface area contributed by atoms with Crippen LogP contribution in [0.3, 0.4) is 0 Å². The molecule has 0 heterocycles. The van der Waals surface area contributed by atoms with Gasteiger partial charge in [0.05, 0.1) is 12.5 Å². The van der Waals surface area contributed by atoms with Crippen LogP contribution in [0.25, 0.3) is 0 Å². The summed E-state index contributed by atoms with van der Waals surface area (Å²) in [6.07, 6.45) is 0.594. The molecule has 54 valence electrons. The lowest BCUT2D eigenvalue weighted by atomic mass is 10.3. The Bertz CT molecular complexity index is 73.5. The van der Waals surface area contributed by atoms with Crippen LogP contribution in [0.2, 0.25) is 0 Å². The number of rotatable bonds is 2. The van der Waals surface area contributed by atoms with Crippen molar-refractivity contribution in [2.45, 2.75) is 33.2 Å². The largest absolute Gasteiger partial charge is 0.316 e. The minimum Gasteiger partial charge on any atom is -0.316 e. The molecule has 1 atom stereocenters. The summed E-state index contributed by atoms with van der Waals surface area (Å²) in [5.41, 5.74) is 0. The lowest BCUT2D eigenvalue weighted by Gasteiger charge is -2.00.